The van der Waals surface area contributed by atoms with Gasteiger partial charge in [-0.3, -0.25) is 4.98 Å². The van der Waals surface area contributed by atoms with Gasteiger partial charge in [0, 0.05) is 63.6 Å². The van der Waals surface area contributed by atoms with Gasteiger partial charge >= 0.3 is 0 Å². The highest BCUT2D eigenvalue weighted by molar-refractivity contribution is 5.81. The van der Waals surface area contributed by atoms with Gasteiger partial charge in [0.25, 0.3) is 0 Å². The molecule has 0 saturated carbocycles. The summed E-state index contributed by atoms with van der Waals surface area (Å²) in [5, 5.41) is 13.5. The molecule has 0 spiro atoms. The Morgan fingerprint density at radius 1 is 1.11 bits per heavy atom. The lowest BCUT2D eigenvalue weighted by atomic mass is 10.0. The number of benzene rings is 1. The van der Waals surface area contributed by atoms with Gasteiger partial charge in [0.1, 0.15) is 17.4 Å². The molecule has 1 aliphatic heterocycles. The summed E-state index contributed by atoms with van der Waals surface area (Å²) in [6, 6.07) is 5.17. The number of halogens is 2. The number of rotatable bonds is 7. The molecule has 0 radical (unpaired) electrons. The Bertz CT molecular complexity index is 1410. The second-order valence-electron chi connectivity index (χ2n) is 9.92. The van der Waals surface area contributed by atoms with Gasteiger partial charge in [0.2, 0.25) is 5.95 Å². The maximum atomic E-state index is 14.1. The number of aromatic nitrogens is 5. The summed E-state index contributed by atoms with van der Waals surface area (Å²) < 4.78 is 34.9. The molecule has 4 aromatic rings. The molecule has 2 N–H and O–H groups in total. The molecule has 1 fully saturated rings. The topological polar surface area (TPSA) is 101 Å². The molecule has 0 amide bonds. The monoisotopic (exact) mass is 509 g/mol. The van der Waals surface area contributed by atoms with Gasteiger partial charge in [-0.2, -0.15) is 0 Å². The molecule has 11 heteroatoms. The third-order valence-corrected chi connectivity index (χ3v) is 6.18. The Morgan fingerprint density at radius 2 is 1.89 bits per heavy atom. The van der Waals surface area contributed by atoms with E-state index in [-0.39, 0.29) is 11.9 Å². The third-order valence-electron chi connectivity index (χ3n) is 6.18. The van der Waals surface area contributed by atoms with Crippen molar-refractivity contribution in [2.24, 2.45) is 7.05 Å². The van der Waals surface area contributed by atoms with Crippen LogP contribution < -0.4 is 15.0 Å². The standard InChI is InChI=1S/C26H29F2N7O2/c1-26(2,36)14-17-13-20-21(15-30-17)32-24(23(31-20)33-25-29-8-11-34(25)3)35-9-6-18(7-10-35)37-22-5-4-16(27)12-19(22)28/h4-5,8,11-13,15,18,36H,6-7,9-10,14H2,1-3H3,(H,29,31,33). The molecule has 5 rings (SSSR count). The molecule has 1 aliphatic rings. The fourth-order valence-corrected chi connectivity index (χ4v) is 4.36. The lowest BCUT2D eigenvalue weighted by Crippen LogP contribution is -2.39. The molecule has 3 aromatic heterocycles. The fourth-order valence-electron chi connectivity index (χ4n) is 4.36. The molecule has 0 bridgehead atoms. The summed E-state index contributed by atoms with van der Waals surface area (Å²) in [4.78, 5) is 20.7. The van der Waals surface area contributed by atoms with Crippen LogP contribution in [0.4, 0.5) is 26.4 Å². The van der Waals surface area contributed by atoms with Crippen molar-refractivity contribution in [2.75, 3.05) is 23.3 Å². The molecule has 1 aromatic carbocycles. The summed E-state index contributed by atoms with van der Waals surface area (Å²) in [7, 11) is 1.88. The SMILES string of the molecule is Cn1ccnc1Nc1nc2cc(CC(C)(C)O)ncc2nc1N1CCC(Oc2ccc(F)cc2F)CC1. The van der Waals surface area contributed by atoms with E-state index in [1.807, 2.05) is 23.9 Å². The van der Waals surface area contributed by atoms with Gasteiger partial charge in [-0.05, 0) is 32.0 Å². The van der Waals surface area contributed by atoms with Crippen LogP contribution in [0.5, 0.6) is 5.75 Å². The second kappa shape index (κ2) is 9.89. The quantitative estimate of drug-likeness (QED) is 0.383. The summed E-state index contributed by atoms with van der Waals surface area (Å²) in [5.74, 6) is 0.524. The summed E-state index contributed by atoms with van der Waals surface area (Å²) >= 11 is 0. The zero-order chi connectivity index (χ0) is 26.2. The second-order valence-corrected chi connectivity index (χ2v) is 9.92. The first-order valence-corrected chi connectivity index (χ1v) is 12.1. The number of pyridine rings is 1. The number of fused-ring (bicyclic) bond motifs is 1. The predicted octanol–water partition coefficient (Wildman–Crippen LogP) is 4.14. The number of ether oxygens (including phenoxy) is 1. The largest absolute Gasteiger partial charge is 0.487 e. The van der Waals surface area contributed by atoms with Crippen LogP contribution in [0, 0.1) is 11.6 Å². The number of nitrogens with one attached hydrogen (secondary N) is 1. The fraction of sp³-hybridized carbons (Fsp3) is 0.385. The average molecular weight is 510 g/mol. The van der Waals surface area contributed by atoms with Crippen LogP contribution in [0.1, 0.15) is 32.4 Å². The van der Waals surface area contributed by atoms with E-state index >= 15 is 0 Å². The van der Waals surface area contributed by atoms with Gasteiger partial charge in [0.05, 0.1) is 17.3 Å². The molecular weight excluding hydrogens is 480 g/mol. The van der Waals surface area contributed by atoms with E-state index in [1.54, 1.807) is 26.2 Å². The Morgan fingerprint density at radius 3 is 2.57 bits per heavy atom. The molecule has 194 valence electrons. The van der Waals surface area contributed by atoms with Crippen LogP contribution in [0.15, 0.2) is 42.9 Å². The van der Waals surface area contributed by atoms with E-state index < -0.39 is 17.2 Å². The molecule has 0 atom stereocenters. The van der Waals surface area contributed by atoms with Crippen LogP contribution in [-0.2, 0) is 13.5 Å². The highest BCUT2D eigenvalue weighted by Gasteiger charge is 2.26. The summed E-state index contributed by atoms with van der Waals surface area (Å²) in [6.45, 7) is 4.68. The van der Waals surface area contributed by atoms with Crippen LogP contribution >= 0.6 is 0 Å². The van der Waals surface area contributed by atoms with Crippen molar-refractivity contribution >= 4 is 28.6 Å². The maximum absolute atomic E-state index is 14.1. The predicted molar refractivity (Wildman–Crippen MR) is 136 cm³/mol. The number of piperidine rings is 1. The van der Waals surface area contributed by atoms with E-state index in [0.717, 1.165) is 11.8 Å². The van der Waals surface area contributed by atoms with Crippen LogP contribution in [0.3, 0.4) is 0 Å². The number of nitrogens with zero attached hydrogens (tertiary/aromatic N) is 6. The Kier molecular flexibility index (Phi) is 6.63. The highest BCUT2D eigenvalue weighted by Crippen LogP contribution is 2.31. The van der Waals surface area contributed by atoms with Crippen LogP contribution in [-0.4, -0.2) is 54.4 Å². The maximum Gasteiger partial charge on any atom is 0.208 e. The first kappa shape index (κ1) is 24.8. The first-order chi connectivity index (χ1) is 17.6. The van der Waals surface area contributed by atoms with Gasteiger partial charge in [0.15, 0.2) is 23.2 Å². The zero-order valence-corrected chi connectivity index (χ0v) is 20.9. The molecule has 0 unspecified atom stereocenters. The number of aliphatic hydroxyl groups is 1. The van der Waals surface area contributed by atoms with Gasteiger partial charge in [-0.1, -0.05) is 0 Å². The highest BCUT2D eigenvalue weighted by atomic mass is 19.1. The lowest BCUT2D eigenvalue weighted by Gasteiger charge is -2.33. The van der Waals surface area contributed by atoms with Gasteiger partial charge in [-0.15, -0.1) is 0 Å². The Balaban J connectivity index is 1.40. The van der Waals surface area contributed by atoms with Gasteiger partial charge in [-0.25, -0.2) is 23.7 Å². The summed E-state index contributed by atoms with van der Waals surface area (Å²) in [5.41, 5.74) is 1.10. The van der Waals surface area contributed by atoms with E-state index in [1.165, 1.54) is 12.1 Å². The Labute approximate surface area is 213 Å². The van der Waals surface area contributed by atoms with E-state index in [0.29, 0.717) is 61.0 Å². The van der Waals surface area contributed by atoms with Gasteiger partial charge < -0.3 is 24.6 Å². The van der Waals surface area contributed by atoms with Crippen molar-refractivity contribution in [3.8, 4) is 5.75 Å². The number of imidazole rings is 1. The minimum atomic E-state index is -0.897. The smallest absolute Gasteiger partial charge is 0.208 e. The normalized spacial score (nSPS) is 14.8. The average Bonchev–Trinajstić information content (AvgIpc) is 3.24. The molecular formula is C26H29F2N7O2. The Hall–Kier alpha value is -3.86. The van der Waals surface area contributed by atoms with Crippen molar-refractivity contribution in [3.05, 3.63) is 60.2 Å². The molecule has 4 heterocycles. The molecule has 1 saturated heterocycles. The van der Waals surface area contributed by atoms with Crippen molar-refractivity contribution in [2.45, 2.75) is 44.8 Å². The minimum Gasteiger partial charge on any atom is -0.487 e. The van der Waals surface area contributed by atoms with Crippen LogP contribution in [0.25, 0.3) is 11.0 Å². The lowest BCUT2D eigenvalue weighted by molar-refractivity contribution is 0.0800. The minimum absolute atomic E-state index is 0.0513. The van der Waals surface area contributed by atoms with Crippen molar-refractivity contribution in [3.63, 3.8) is 0 Å². The molecule has 9 nitrogen and oxygen atoms in total. The van der Waals surface area contributed by atoms with E-state index in [2.05, 4.69) is 20.2 Å². The van der Waals surface area contributed by atoms with Crippen LogP contribution in [0.2, 0.25) is 0 Å². The van der Waals surface area contributed by atoms with E-state index in [4.69, 9.17) is 14.7 Å². The number of aryl methyl sites for hydroxylation is 1. The molecule has 0 aliphatic carbocycles. The number of hydrogen-bond donors (Lipinski definition) is 2. The zero-order valence-electron chi connectivity index (χ0n) is 20.9. The third kappa shape index (κ3) is 5.77. The van der Waals surface area contributed by atoms with Crippen molar-refractivity contribution in [1.29, 1.82) is 0 Å². The summed E-state index contributed by atoms with van der Waals surface area (Å²) in [6.07, 6.45) is 6.63. The first-order valence-electron chi connectivity index (χ1n) is 12.1. The van der Waals surface area contributed by atoms with E-state index in [9.17, 15) is 13.9 Å². The number of hydrogen-bond acceptors (Lipinski definition) is 8. The van der Waals surface area contributed by atoms with Crippen molar-refractivity contribution < 1.29 is 18.6 Å². The molecule has 37 heavy (non-hydrogen) atoms. The van der Waals surface area contributed by atoms with Crippen molar-refractivity contribution in [1.82, 2.24) is 24.5 Å². The number of anilines is 3.